The maximum Gasteiger partial charge on any atom is 0.210 e. The molecule has 1 heterocycles. The van der Waals surface area contributed by atoms with Crippen molar-refractivity contribution in [3.8, 4) is 11.5 Å². The number of halogens is 1. The number of nitrogens with zero attached hydrogens (tertiary/aromatic N) is 3. The fourth-order valence-electron chi connectivity index (χ4n) is 2.62. The Labute approximate surface area is 161 Å². The van der Waals surface area contributed by atoms with Gasteiger partial charge in [-0.15, -0.1) is 10.2 Å². The van der Waals surface area contributed by atoms with Gasteiger partial charge in [0, 0.05) is 5.75 Å². The van der Waals surface area contributed by atoms with E-state index in [2.05, 4.69) is 10.2 Å². The van der Waals surface area contributed by atoms with Crippen LogP contribution < -0.4 is 15.3 Å². The maximum absolute atomic E-state index is 13.8. The van der Waals surface area contributed by atoms with E-state index in [1.165, 1.54) is 29.6 Å². The molecule has 0 spiro atoms. The molecular formula is C19H21FN4O2S. The number of nitrogens with two attached hydrogens (primary N) is 1. The van der Waals surface area contributed by atoms with Crippen molar-refractivity contribution in [2.75, 3.05) is 13.0 Å². The summed E-state index contributed by atoms with van der Waals surface area (Å²) in [7, 11) is 1.44. The molecule has 0 saturated carbocycles. The van der Waals surface area contributed by atoms with Crippen LogP contribution in [-0.4, -0.2) is 22.0 Å². The zero-order chi connectivity index (χ0) is 19.4. The number of methoxy groups -OCH3 is 1. The van der Waals surface area contributed by atoms with Gasteiger partial charge in [-0.25, -0.2) is 9.07 Å². The Morgan fingerprint density at radius 1 is 1.15 bits per heavy atom. The largest absolute Gasteiger partial charge is 0.494 e. The van der Waals surface area contributed by atoms with E-state index in [1.54, 1.807) is 12.1 Å². The summed E-state index contributed by atoms with van der Waals surface area (Å²) < 4.78 is 26.0. The third-order valence-electron chi connectivity index (χ3n) is 4.07. The third kappa shape index (κ3) is 4.33. The van der Waals surface area contributed by atoms with Gasteiger partial charge in [0.15, 0.2) is 17.4 Å². The lowest BCUT2D eigenvalue weighted by molar-refractivity contribution is 0.288. The fourth-order valence-corrected chi connectivity index (χ4v) is 3.43. The lowest BCUT2D eigenvalue weighted by Crippen LogP contribution is -2.16. The Balaban J connectivity index is 1.64. The van der Waals surface area contributed by atoms with Crippen LogP contribution in [0.3, 0.4) is 0 Å². The van der Waals surface area contributed by atoms with E-state index in [-0.39, 0.29) is 12.4 Å². The van der Waals surface area contributed by atoms with E-state index < -0.39 is 5.82 Å². The van der Waals surface area contributed by atoms with Crippen molar-refractivity contribution in [3.63, 3.8) is 0 Å². The van der Waals surface area contributed by atoms with Crippen molar-refractivity contribution in [2.24, 2.45) is 0 Å². The first-order valence-corrected chi connectivity index (χ1v) is 9.31. The normalized spacial score (nSPS) is 10.8. The van der Waals surface area contributed by atoms with Crippen molar-refractivity contribution < 1.29 is 13.9 Å². The van der Waals surface area contributed by atoms with Gasteiger partial charge in [0.2, 0.25) is 5.16 Å². The van der Waals surface area contributed by atoms with Crippen LogP contribution in [0.5, 0.6) is 11.5 Å². The number of hydrogen-bond acceptors (Lipinski definition) is 6. The number of thioether (sulfide) groups is 1. The van der Waals surface area contributed by atoms with Crippen molar-refractivity contribution in [1.29, 1.82) is 0 Å². The highest BCUT2D eigenvalue weighted by atomic mass is 32.2. The molecule has 142 valence electrons. The van der Waals surface area contributed by atoms with Crippen LogP contribution in [-0.2, 0) is 12.4 Å². The first-order chi connectivity index (χ1) is 13.0. The average molecular weight is 388 g/mol. The van der Waals surface area contributed by atoms with Gasteiger partial charge in [0.05, 0.1) is 7.11 Å². The Morgan fingerprint density at radius 3 is 2.56 bits per heavy atom. The van der Waals surface area contributed by atoms with Gasteiger partial charge >= 0.3 is 0 Å². The van der Waals surface area contributed by atoms with Crippen LogP contribution in [0.2, 0.25) is 0 Å². The summed E-state index contributed by atoms with van der Waals surface area (Å²) >= 11 is 1.37. The van der Waals surface area contributed by atoms with E-state index >= 15 is 0 Å². The first kappa shape index (κ1) is 19.0. The standard InChI is InChI=1S/C19H21FN4O2S/c1-12-5-4-6-13(2)18(12)26-10-17-22-23-19(24(17)21)27-11-14-7-8-16(25-3)15(20)9-14/h4-9H,10-11,21H2,1-3H3. The summed E-state index contributed by atoms with van der Waals surface area (Å²) in [6.45, 7) is 4.20. The van der Waals surface area contributed by atoms with Crippen LogP contribution in [0.15, 0.2) is 41.6 Å². The molecule has 0 fully saturated rings. The zero-order valence-electron chi connectivity index (χ0n) is 15.4. The van der Waals surface area contributed by atoms with Gasteiger partial charge in [-0.2, -0.15) is 0 Å². The molecule has 3 rings (SSSR count). The van der Waals surface area contributed by atoms with Gasteiger partial charge in [0.25, 0.3) is 0 Å². The number of aryl methyl sites for hydroxylation is 2. The highest BCUT2D eigenvalue weighted by Crippen LogP contribution is 2.26. The summed E-state index contributed by atoms with van der Waals surface area (Å²) in [5.41, 5.74) is 2.90. The number of ether oxygens (including phenoxy) is 2. The molecule has 0 amide bonds. The van der Waals surface area contributed by atoms with Crippen LogP contribution in [0, 0.1) is 19.7 Å². The predicted octanol–water partition coefficient (Wildman–Crippen LogP) is 3.63. The maximum atomic E-state index is 13.8. The summed E-state index contributed by atoms with van der Waals surface area (Å²) in [4.78, 5) is 0. The first-order valence-electron chi connectivity index (χ1n) is 8.33. The molecule has 0 aliphatic carbocycles. The molecule has 0 saturated heterocycles. The quantitative estimate of drug-likeness (QED) is 0.492. The second kappa shape index (κ2) is 8.30. The molecule has 0 aliphatic heterocycles. The minimum Gasteiger partial charge on any atom is -0.494 e. The van der Waals surface area contributed by atoms with Crippen molar-refractivity contribution in [3.05, 3.63) is 64.7 Å². The molecule has 27 heavy (non-hydrogen) atoms. The van der Waals surface area contributed by atoms with Gasteiger partial charge in [0.1, 0.15) is 12.4 Å². The van der Waals surface area contributed by atoms with E-state index in [0.717, 1.165) is 22.4 Å². The lowest BCUT2D eigenvalue weighted by atomic mass is 10.1. The Kier molecular flexibility index (Phi) is 5.85. The second-order valence-electron chi connectivity index (χ2n) is 6.04. The molecule has 3 aromatic rings. The molecule has 0 unspecified atom stereocenters. The minimum absolute atomic E-state index is 0.215. The van der Waals surface area contributed by atoms with Gasteiger partial charge in [-0.3, -0.25) is 0 Å². The second-order valence-corrected chi connectivity index (χ2v) is 6.98. The molecule has 0 radical (unpaired) electrons. The topological polar surface area (TPSA) is 75.2 Å². The lowest BCUT2D eigenvalue weighted by Gasteiger charge is -2.11. The van der Waals surface area contributed by atoms with Gasteiger partial charge < -0.3 is 15.3 Å². The van der Waals surface area contributed by atoms with Gasteiger partial charge in [-0.05, 0) is 42.7 Å². The fraction of sp³-hybridized carbons (Fsp3) is 0.263. The van der Waals surface area contributed by atoms with Crippen LogP contribution in [0.25, 0.3) is 0 Å². The van der Waals surface area contributed by atoms with Crippen molar-refractivity contribution >= 4 is 11.8 Å². The van der Waals surface area contributed by atoms with Crippen LogP contribution >= 0.6 is 11.8 Å². The third-order valence-corrected chi connectivity index (χ3v) is 5.09. The number of benzene rings is 2. The summed E-state index contributed by atoms with van der Waals surface area (Å²) in [5, 5.41) is 8.73. The molecule has 0 atom stereocenters. The molecular weight excluding hydrogens is 367 g/mol. The smallest absolute Gasteiger partial charge is 0.210 e. The molecule has 2 aromatic carbocycles. The Morgan fingerprint density at radius 2 is 1.89 bits per heavy atom. The molecule has 8 heteroatoms. The zero-order valence-corrected chi connectivity index (χ0v) is 16.2. The van der Waals surface area contributed by atoms with E-state index in [9.17, 15) is 4.39 Å². The molecule has 0 aliphatic rings. The van der Waals surface area contributed by atoms with Crippen molar-refractivity contribution in [2.45, 2.75) is 31.4 Å². The monoisotopic (exact) mass is 388 g/mol. The number of aromatic nitrogens is 3. The van der Waals surface area contributed by atoms with Crippen LogP contribution in [0.1, 0.15) is 22.5 Å². The van der Waals surface area contributed by atoms with Gasteiger partial charge in [-0.1, -0.05) is 36.0 Å². The SMILES string of the molecule is COc1ccc(CSc2nnc(COc3c(C)cccc3C)n2N)cc1F. The number of nitrogen functional groups attached to an aromatic ring is 1. The molecule has 6 nitrogen and oxygen atoms in total. The number of para-hydroxylation sites is 1. The summed E-state index contributed by atoms with van der Waals surface area (Å²) in [6, 6.07) is 10.8. The van der Waals surface area contributed by atoms with Crippen molar-refractivity contribution in [1.82, 2.24) is 14.9 Å². The number of hydrogen-bond donors (Lipinski definition) is 1. The predicted molar refractivity (Wildman–Crippen MR) is 103 cm³/mol. The molecule has 0 bridgehead atoms. The highest BCUT2D eigenvalue weighted by Gasteiger charge is 2.13. The molecule has 1 aromatic heterocycles. The Hall–Kier alpha value is -2.74. The summed E-state index contributed by atoms with van der Waals surface area (Å²) in [5.74, 6) is 7.75. The highest BCUT2D eigenvalue weighted by molar-refractivity contribution is 7.98. The molecule has 2 N–H and O–H groups in total. The van der Waals surface area contributed by atoms with E-state index in [4.69, 9.17) is 15.3 Å². The van der Waals surface area contributed by atoms with Crippen LogP contribution in [0.4, 0.5) is 4.39 Å². The number of rotatable bonds is 7. The summed E-state index contributed by atoms with van der Waals surface area (Å²) in [6.07, 6.45) is 0. The Bertz CT molecular complexity index is 925. The van der Waals surface area contributed by atoms with E-state index in [1.807, 2.05) is 32.0 Å². The van der Waals surface area contributed by atoms with E-state index in [0.29, 0.717) is 16.7 Å². The average Bonchev–Trinajstić information content (AvgIpc) is 2.99. The minimum atomic E-state index is -0.396.